The molecule has 2 unspecified atom stereocenters. The standard InChI is InChI=1S/C28H56NO5P/c1-3-5-6-7-8-9-10-11-12-13-14-15-16-17-20-27(25-28(30)4-2)26-34-35(31,32)33-24-23-29-21-18-19-22-29/h27H,3-26H2,1-2H3,(H,31,32)/p+1. The number of phosphoric acid groups is 1. The third-order valence-corrected chi connectivity index (χ3v) is 8.35. The Morgan fingerprint density at radius 1 is 0.829 bits per heavy atom. The van der Waals surface area contributed by atoms with Crippen LogP contribution in [0.5, 0.6) is 0 Å². The van der Waals surface area contributed by atoms with Gasteiger partial charge in [0.1, 0.15) is 18.9 Å². The molecule has 1 saturated heterocycles. The zero-order valence-electron chi connectivity index (χ0n) is 23.1. The molecular formula is C28H57NO5P+. The van der Waals surface area contributed by atoms with E-state index >= 15 is 0 Å². The molecule has 6 nitrogen and oxygen atoms in total. The van der Waals surface area contributed by atoms with Crippen LogP contribution in [0, 0.1) is 5.92 Å². The van der Waals surface area contributed by atoms with E-state index < -0.39 is 7.82 Å². The van der Waals surface area contributed by atoms with Gasteiger partial charge in [-0.3, -0.25) is 13.8 Å². The van der Waals surface area contributed by atoms with Gasteiger partial charge < -0.3 is 9.79 Å². The maximum atomic E-state index is 12.3. The molecule has 0 spiro atoms. The Bertz CT molecular complexity index is 553. The summed E-state index contributed by atoms with van der Waals surface area (Å²) in [5.41, 5.74) is 0. The van der Waals surface area contributed by atoms with Crippen LogP contribution in [0.2, 0.25) is 0 Å². The molecule has 1 aliphatic heterocycles. The lowest BCUT2D eigenvalue weighted by molar-refractivity contribution is -0.887. The quantitative estimate of drug-likeness (QED) is 0.104. The number of unbranched alkanes of at least 4 members (excludes halogenated alkanes) is 13. The summed E-state index contributed by atoms with van der Waals surface area (Å²) >= 11 is 0. The summed E-state index contributed by atoms with van der Waals surface area (Å²) < 4.78 is 22.7. The lowest BCUT2D eigenvalue weighted by atomic mass is 9.95. The predicted octanol–water partition coefficient (Wildman–Crippen LogP) is 6.66. The van der Waals surface area contributed by atoms with Crippen LogP contribution in [0.15, 0.2) is 0 Å². The van der Waals surface area contributed by atoms with Crippen molar-refractivity contribution in [2.75, 3.05) is 32.8 Å². The molecule has 2 atom stereocenters. The molecule has 1 aliphatic rings. The van der Waals surface area contributed by atoms with E-state index in [1.54, 1.807) is 0 Å². The van der Waals surface area contributed by atoms with Crippen molar-refractivity contribution >= 4 is 13.6 Å². The molecule has 1 rings (SSSR count). The molecule has 0 aromatic carbocycles. The Morgan fingerprint density at radius 3 is 1.86 bits per heavy atom. The number of hydrogen-bond acceptors (Lipinski definition) is 4. The maximum Gasteiger partial charge on any atom is 0.472 e. The molecule has 0 aromatic heterocycles. The lowest BCUT2D eigenvalue weighted by Crippen LogP contribution is -3.10. The highest BCUT2D eigenvalue weighted by molar-refractivity contribution is 7.47. The van der Waals surface area contributed by atoms with E-state index in [0.29, 0.717) is 12.8 Å². The minimum atomic E-state index is -4.05. The van der Waals surface area contributed by atoms with Crippen LogP contribution < -0.4 is 4.90 Å². The Kier molecular flexibility index (Phi) is 20.4. The number of ketones is 1. The third kappa shape index (κ3) is 19.5. The second kappa shape index (κ2) is 21.8. The second-order valence-electron chi connectivity index (χ2n) is 10.7. The zero-order chi connectivity index (χ0) is 25.6. The van der Waals surface area contributed by atoms with Crippen LogP contribution in [0.4, 0.5) is 0 Å². The summed E-state index contributed by atoms with van der Waals surface area (Å²) in [6.45, 7) is 7.46. The monoisotopic (exact) mass is 518 g/mol. The molecule has 1 fully saturated rings. The van der Waals surface area contributed by atoms with Gasteiger partial charge in [0.15, 0.2) is 0 Å². The normalized spacial score (nSPS) is 17.0. The van der Waals surface area contributed by atoms with E-state index in [0.717, 1.165) is 38.9 Å². The topological polar surface area (TPSA) is 77.3 Å². The van der Waals surface area contributed by atoms with Crippen molar-refractivity contribution in [3.63, 3.8) is 0 Å². The average Bonchev–Trinajstić information content (AvgIpc) is 3.36. The van der Waals surface area contributed by atoms with E-state index in [4.69, 9.17) is 9.05 Å². The fraction of sp³-hybridized carbons (Fsp3) is 0.964. The van der Waals surface area contributed by atoms with Gasteiger partial charge in [-0.2, -0.15) is 0 Å². The minimum Gasteiger partial charge on any atom is -0.333 e. The molecule has 0 aromatic rings. The van der Waals surface area contributed by atoms with E-state index in [9.17, 15) is 14.3 Å². The highest BCUT2D eigenvalue weighted by Crippen LogP contribution is 2.43. The molecule has 208 valence electrons. The van der Waals surface area contributed by atoms with Crippen LogP contribution >= 0.6 is 7.82 Å². The second-order valence-corrected chi connectivity index (χ2v) is 12.1. The Hall–Kier alpha value is -0.260. The van der Waals surface area contributed by atoms with E-state index in [1.165, 1.54) is 94.8 Å². The molecule has 0 radical (unpaired) electrons. The number of phosphoric ester groups is 1. The number of hydrogen-bond donors (Lipinski definition) is 2. The summed E-state index contributed by atoms with van der Waals surface area (Å²) in [5.74, 6) is 0.184. The number of carbonyl (C=O) groups excluding carboxylic acids is 1. The summed E-state index contributed by atoms with van der Waals surface area (Å²) in [7, 11) is -4.05. The van der Waals surface area contributed by atoms with Crippen molar-refractivity contribution in [1.82, 2.24) is 0 Å². The summed E-state index contributed by atoms with van der Waals surface area (Å²) in [4.78, 5) is 23.5. The molecule has 0 amide bonds. The van der Waals surface area contributed by atoms with Crippen molar-refractivity contribution < 1.29 is 28.2 Å². The number of nitrogens with one attached hydrogen (secondary N) is 1. The maximum absolute atomic E-state index is 12.3. The smallest absolute Gasteiger partial charge is 0.333 e. The number of Topliss-reactive ketones (excluding diaryl/α,β-unsaturated/α-hetero) is 1. The molecule has 1 heterocycles. The fourth-order valence-corrected chi connectivity index (χ4v) is 5.80. The van der Waals surface area contributed by atoms with Crippen molar-refractivity contribution in [2.45, 2.75) is 136 Å². The van der Waals surface area contributed by atoms with Crippen LogP contribution in [0.25, 0.3) is 0 Å². The highest BCUT2D eigenvalue weighted by atomic mass is 31.2. The first-order valence-corrected chi connectivity index (χ1v) is 16.4. The SMILES string of the molecule is CCCCCCCCCCCCCCCCC(COP(=O)(O)OCC[NH+]1CCCC1)CC(=O)CC. The first-order chi connectivity index (χ1) is 17.0. The molecule has 0 bridgehead atoms. The van der Waals surface area contributed by atoms with Gasteiger partial charge in [-0.15, -0.1) is 0 Å². The summed E-state index contributed by atoms with van der Waals surface area (Å²) in [5, 5.41) is 0. The largest absolute Gasteiger partial charge is 0.472 e. The number of quaternary nitrogens is 1. The number of rotatable bonds is 25. The molecule has 0 aliphatic carbocycles. The van der Waals surface area contributed by atoms with Gasteiger partial charge in [0.25, 0.3) is 0 Å². The van der Waals surface area contributed by atoms with Gasteiger partial charge in [0, 0.05) is 25.7 Å². The summed E-state index contributed by atoms with van der Waals surface area (Å²) in [6.07, 6.45) is 22.7. The predicted molar refractivity (Wildman–Crippen MR) is 145 cm³/mol. The van der Waals surface area contributed by atoms with Crippen LogP contribution in [0.3, 0.4) is 0 Å². The molecule has 0 saturated carbocycles. The average molecular weight is 519 g/mol. The Morgan fingerprint density at radius 2 is 1.34 bits per heavy atom. The highest BCUT2D eigenvalue weighted by Gasteiger charge is 2.25. The van der Waals surface area contributed by atoms with Gasteiger partial charge in [0.2, 0.25) is 0 Å². The van der Waals surface area contributed by atoms with E-state index in [2.05, 4.69) is 6.92 Å². The first-order valence-electron chi connectivity index (χ1n) is 14.9. The van der Waals surface area contributed by atoms with Gasteiger partial charge in [-0.1, -0.05) is 104 Å². The first kappa shape index (κ1) is 32.8. The Labute approximate surface area is 216 Å². The van der Waals surface area contributed by atoms with E-state index in [-0.39, 0.29) is 24.9 Å². The summed E-state index contributed by atoms with van der Waals surface area (Å²) in [6, 6.07) is 0. The van der Waals surface area contributed by atoms with Gasteiger partial charge in [-0.05, 0) is 12.3 Å². The van der Waals surface area contributed by atoms with Crippen molar-refractivity contribution in [2.24, 2.45) is 5.92 Å². The molecular weight excluding hydrogens is 461 g/mol. The van der Waals surface area contributed by atoms with Crippen molar-refractivity contribution in [1.29, 1.82) is 0 Å². The number of likely N-dealkylation sites (tertiary alicyclic amines) is 1. The van der Waals surface area contributed by atoms with Crippen molar-refractivity contribution in [3.8, 4) is 0 Å². The van der Waals surface area contributed by atoms with Crippen LogP contribution in [-0.4, -0.2) is 43.5 Å². The van der Waals surface area contributed by atoms with Gasteiger partial charge in [0.05, 0.1) is 19.7 Å². The minimum absolute atomic E-state index is 0.00643. The molecule has 35 heavy (non-hydrogen) atoms. The van der Waals surface area contributed by atoms with Crippen molar-refractivity contribution in [3.05, 3.63) is 0 Å². The third-order valence-electron chi connectivity index (χ3n) is 7.37. The van der Waals surface area contributed by atoms with Gasteiger partial charge in [-0.25, -0.2) is 4.57 Å². The fourth-order valence-electron chi connectivity index (χ4n) is 5.01. The lowest BCUT2D eigenvalue weighted by Gasteiger charge is -2.19. The molecule has 2 N–H and O–H groups in total. The van der Waals surface area contributed by atoms with Crippen LogP contribution in [-0.2, 0) is 18.4 Å². The number of carbonyl (C=O) groups is 1. The zero-order valence-corrected chi connectivity index (χ0v) is 24.0. The molecule has 7 heteroatoms. The van der Waals surface area contributed by atoms with Gasteiger partial charge >= 0.3 is 7.82 Å². The Balaban J connectivity index is 2.09. The van der Waals surface area contributed by atoms with E-state index in [1.807, 2.05) is 6.92 Å². The van der Waals surface area contributed by atoms with Crippen LogP contribution in [0.1, 0.15) is 136 Å².